The van der Waals surface area contributed by atoms with E-state index >= 15 is 0 Å². The Morgan fingerprint density at radius 3 is 2.84 bits per heavy atom. The number of piperidine rings is 1. The highest BCUT2D eigenvalue weighted by Gasteiger charge is 2.35. The van der Waals surface area contributed by atoms with Crippen molar-refractivity contribution in [2.24, 2.45) is 0 Å². The van der Waals surface area contributed by atoms with Crippen LogP contribution >= 0.6 is 0 Å². The highest BCUT2D eigenvalue weighted by Crippen LogP contribution is 2.22. The molecule has 1 fully saturated rings. The molecule has 7 nitrogen and oxygen atoms in total. The number of likely N-dealkylation sites (tertiary alicyclic amines) is 1. The second-order valence-electron chi connectivity index (χ2n) is 6.16. The van der Waals surface area contributed by atoms with Gasteiger partial charge >= 0.3 is 5.97 Å². The molecular formula is C18H23N3O4. The molecule has 25 heavy (non-hydrogen) atoms. The Morgan fingerprint density at radius 1 is 1.32 bits per heavy atom. The number of aromatic nitrogens is 2. The molecule has 1 aliphatic heterocycles. The third-order valence-corrected chi connectivity index (χ3v) is 4.53. The largest absolute Gasteiger partial charge is 0.468 e. The number of rotatable bonds is 6. The van der Waals surface area contributed by atoms with E-state index in [0.717, 1.165) is 12.0 Å². The minimum atomic E-state index is -0.354. The van der Waals surface area contributed by atoms with E-state index < -0.39 is 0 Å². The van der Waals surface area contributed by atoms with Crippen molar-refractivity contribution in [1.82, 2.24) is 15.0 Å². The molecule has 0 unspecified atom stereocenters. The van der Waals surface area contributed by atoms with Gasteiger partial charge in [-0.15, -0.1) is 0 Å². The predicted molar refractivity (Wildman–Crippen MR) is 89.8 cm³/mol. The normalized spacial score (nSPS) is 21.2. The molecule has 0 N–H and O–H groups in total. The van der Waals surface area contributed by atoms with E-state index in [1.54, 1.807) is 7.11 Å². The van der Waals surface area contributed by atoms with Gasteiger partial charge < -0.3 is 14.0 Å². The van der Waals surface area contributed by atoms with Crippen LogP contribution in [-0.4, -0.2) is 53.9 Å². The zero-order valence-electron chi connectivity index (χ0n) is 14.6. The minimum Gasteiger partial charge on any atom is -0.468 e. The Hall–Kier alpha value is -2.25. The van der Waals surface area contributed by atoms with Crippen molar-refractivity contribution in [3.05, 3.63) is 47.6 Å². The number of carbonyl (C=O) groups excluding carboxylic acids is 1. The summed E-state index contributed by atoms with van der Waals surface area (Å²) in [7, 11) is 3.07. The van der Waals surface area contributed by atoms with Crippen LogP contribution in [-0.2, 0) is 27.2 Å². The van der Waals surface area contributed by atoms with E-state index in [-0.39, 0.29) is 18.1 Å². The van der Waals surface area contributed by atoms with Crippen LogP contribution in [0.4, 0.5) is 0 Å². The third kappa shape index (κ3) is 4.43. The van der Waals surface area contributed by atoms with Gasteiger partial charge in [0, 0.05) is 20.1 Å². The lowest BCUT2D eigenvalue weighted by molar-refractivity contribution is -0.151. The lowest BCUT2D eigenvalue weighted by Gasteiger charge is -2.36. The maximum Gasteiger partial charge on any atom is 0.323 e. The summed E-state index contributed by atoms with van der Waals surface area (Å²) >= 11 is 0. The van der Waals surface area contributed by atoms with Gasteiger partial charge in [-0.1, -0.05) is 35.5 Å². The zero-order chi connectivity index (χ0) is 17.6. The van der Waals surface area contributed by atoms with Crippen LogP contribution in [0.1, 0.15) is 30.1 Å². The van der Waals surface area contributed by atoms with E-state index in [4.69, 9.17) is 14.0 Å². The number of methoxy groups -OCH3 is 2. The molecule has 134 valence electrons. The number of esters is 1. The number of benzene rings is 1. The lowest BCUT2D eigenvalue weighted by atomic mass is 9.99. The van der Waals surface area contributed by atoms with Crippen LogP contribution in [0.5, 0.6) is 0 Å². The van der Waals surface area contributed by atoms with Gasteiger partial charge in [0.05, 0.1) is 19.8 Å². The molecule has 0 saturated carbocycles. The number of carbonyl (C=O) groups is 1. The summed E-state index contributed by atoms with van der Waals surface area (Å²) in [6.45, 7) is 1.15. The molecule has 2 heterocycles. The van der Waals surface area contributed by atoms with Crippen LogP contribution in [0.15, 0.2) is 34.9 Å². The molecule has 1 saturated heterocycles. The van der Waals surface area contributed by atoms with Crippen LogP contribution in [0.2, 0.25) is 0 Å². The van der Waals surface area contributed by atoms with Crippen LogP contribution in [0.3, 0.4) is 0 Å². The van der Waals surface area contributed by atoms with Crippen molar-refractivity contribution in [1.29, 1.82) is 0 Å². The fraction of sp³-hybridized carbons (Fsp3) is 0.500. The first-order valence-corrected chi connectivity index (χ1v) is 8.39. The van der Waals surface area contributed by atoms with Gasteiger partial charge in [0.1, 0.15) is 6.04 Å². The van der Waals surface area contributed by atoms with Crippen molar-refractivity contribution < 1.29 is 18.8 Å². The summed E-state index contributed by atoms with van der Waals surface area (Å²) < 4.78 is 15.7. The Labute approximate surface area is 146 Å². The summed E-state index contributed by atoms with van der Waals surface area (Å²) in [6, 6.07) is 9.64. The van der Waals surface area contributed by atoms with E-state index in [1.165, 1.54) is 7.11 Å². The Morgan fingerprint density at radius 2 is 2.12 bits per heavy atom. The molecule has 3 rings (SSSR count). The van der Waals surface area contributed by atoms with E-state index in [2.05, 4.69) is 10.1 Å². The number of nitrogens with zero attached hydrogens (tertiary/aromatic N) is 3. The maximum atomic E-state index is 12.1. The molecule has 0 aliphatic carbocycles. The van der Waals surface area contributed by atoms with Crippen LogP contribution in [0, 0.1) is 0 Å². The summed E-state index contributed by atoms with van der Waals surface area (Å²) in [5, 5.41) is 4.04. The lowest BCUT2D eigenvalue weighted by Crippen LogP contribution is -2.49. The van der Waals surface area contributed by atoms with Gasteiger partial charge in [0.25, 0.3) is 0 Å². The topological polar surface area (TPSA) is 77.7 Å². The first-order chi connectivity index (χ1) is 12.2. The number of hydrogen-bond acceptors (Lipinski definition) is 7. The number of hydrogen-bond donors (Lipinski definition) is 0. The van der Waals surface area contributed by atoms with Gasteiger partial charge in [-0.05, 0) is 18.4 Å². The standard InChI is InChI=1S/C18H23N3O4/c1-23-14-8-9-21(15(11-14)18(22)24-2)12-17-19-16(20-25-17)10-13-6-4-3-5-7-13/h3-7,14-15H,8-12H2,1-2H3/t14-,15-/m0/s1. The molecule has 7 heteroatoms. The minimum absolute atomic E-state index is 0.0664. The molecular weight excluding hydrogens is 322 g/mol. The van der Waals surface area contributed by atoms with Crippen LogP contribution < -0.4 is 0 Å². The summed E-state index contributed by atoms with van der Waals surface area (Å²) in [5.74, 6) is 0.893. The predicted octanol–water partition coefficient (Wildman–Crippen LogP) is 1.81. The van der Waals surface area contributed by atoms with Gasteiger partial charge in [-0.2, -0.15) is 4.98 Å². The molecule has 2 aromatic rings. The van der Waals surface area contributed by atoms with Gasteiger partial charge in [0.2, 0.25) is 5.89 Å². The second kappa shape index (κ2) is 8.22. The highest BCUT2D eigenvalue weighted by molar-refractivity contribution is 5.75. The molecule has 0 spiro atoms. The van der Waals surface area contributed by atoms with Gasteiger partial charge in [0.15, 0.2) is 5.82 Å². The first kappa shape index (κ1) is 17.6. The first-order valence-electron chi connectivity index (χ1n) is 8.39. The Bertz CT molecular complexity index is 689. The SMILES string of the molecule is COC(=O)[C@@H]1C[C@@H](OC)CCN1Cc1nc(Cc2ccccc2)no1. The van der Waals surface area contributed by atoms with E-state index in [9.17, 15) is 4.79 Å². The smallest absolute Gasteiger partial charge is 0.323 e. The van der Waals surface area contributed by atoms with Crippen molar-refractivity contribution in [3.63, 3.8) is 0 Å². The van der Waals surface area contributed by atoms with Crippen molar-refractivity contribution in [3.8, 4) is 0 Å². The van der Waals surface area contributed by atoms with Gasteiger partial charge in [-0.3, -0.25) is 9.69 Å². The number of ether oxygens (including phenoxy) is 2. The van der Waals surface area contributed by atoms with E-state index in [0.29, 0.717) is 37.6 Å². The summed E-state index contributed by atoms with van der Waals surface area (Å²) in [5.41, 5.74) is 1.13. The van der Waals surface area contributed by atoms with Gasteiger partial charge in [-0.25, -0.2) is 0 Å². The van der Waals surface area contributed by atoms with Crippen molar-refractivity contribution >= 4 is 5.97 Å². The Balaban J connectivity index is 1.65. The summed E-state index contributed by atoms with van der Waals surface area (Å²) in [4.78, 5) is 18.6. The van der Waals surface area contributed by atoms with E-state index in [1.807, 2.05) is 35.2 Å². The van der Waals surface area contributed by atoms with Crippen molar-refractivity contribution in [2.75, 3.05) is 20.8 Å². The fourth-order valence-corrected chi connectivity index (χ4v) is 3.14. The van der Waals surface area contributed by atoms with Crippen molar-refractivity contribution in [2.45, 2.75) is 38.0 Å². The fourth-order valence-electron chi connectivity index (χ4n) is 3.14. The maximum absolute atomic E-state index is 12.1. The highest BCUT2D eigenvalue weighted by atomic mass is 16.5. The average molecular weight is 345 g/mol. The van der Waals surface area contributed by atoms with Crippen LogP contribution in [0.25, 0.3) is 0 Å². The molecule has 1 aliphatic rings. The Kier molecular flexibility index (Phi) is 5.78. The molecule has 0 amide bonds. The molecule has 2 atom stereocenters. The second-order valence-corrected chi connectivity index (χ2v) is 6.16. The monoisotopic (exact) mass is 345 g/mol. The quantitative estimate of drug-likeness (QED) is 0.739. The molecule has 1 aromatic carbocycles. The third-order valence-electron chi connectivity index (χ3n) is 4.53. The average Bonchev–Trinajstić information content (AvgIpc) is 3.09. The summed E-state index contributed by atoms with van der Waals surface area (Å²) in [6.07, 6.45) is 2.15. The molecule has 1 aromatic heterocycles. The zero-order valence-corrected chi connectivity index (χ0v) is 14.6. The molecule has 0 bridgehead atoms. The molecule has 0 radical (unpaired) electrons.